The topological polar surface area (TPSA) is 106 Å². The lowest BCUT2D eigenvalue weighted by Gasteiger charge is -2.61. The van der Waals surface area contributed by atoms with Crippen LogP contribution in [0.5, 0.6) is 0 Å². The van der Waals surface area contributed by atoms with Crippen LogP contribution in [0, 0.1) is 92.7 Å². The van der Waals surface area contributed by atoms with Crippen molar-refractivity contribution in [3.05, 3.63) is 46.1 Å². The Kier molecular flexibility index (Phi) is 9.46. The number of aromatic nitrogens is 2. The van der Waals surface area contributed by atoms with E-state index in [-0.39, 0.29) is 64.2 Å². The third-order valence-electron chi connectivity index (χ3n) is 23.2. The van der Waals surface area contributed by atoms with Gasteiger partial charge in [-0.15, -0.1) is 0 Å². The van der Waals surface area contributed by atoms with Gasteiger partial charge in [-0.3, -0.25) is 19.6 Å². The first kappa shape index (κ1) is 43.6. The number of nitrogens with zero attached hydrogens (tertiary/aromatic N) is 2. The van der Waals surface area contributed by atoms with Gasteiger partial charge < -0.3 is 23.7 Å². The van der Waals surface area contributed by atoms with Gasteiger partial charge in [0.15, 0.2) is 11.6 Å². The van der Waals surface area contributed by atoms with E-state index in [0.29, 0.717) is 66.0 Å². The van der Waals surface area contributed by atoms with Crippen molar-refractivity contribution < 1.29 is 33.3 Å². The quantitative estimate of drug-likeness (QED) is 0.212. The van der Waals surface area contributed by atoms with Gasteiger partial charge in [-0.1, -0.05) is 78.7 Å². The molecule has 4 aliphatic heterocycles. The molecular weight excluding hydrogens is 825 g/mol. The lowest BCUT2D eigenvalue weighted by Crippen LogP contribution is -2.58. The maximum Gasteiger partial charge on any atom is 0.305 e. The van der Waals surface area contributed by atoms with Gasteiger partial charge in [-0.05, 0) is 136 Å². The molecule has 66 heavy (non-hydrogen) atoms. The standard InChI is InChI=1S/C57H78N2O7/c1-10-49(61)64-48-24-38-36(40-22-46-51(55(40,48)9)32(5)57(66-46)18-16-30(3)28-63-57)14-12-34-20-42-44(26-53(34,38)7)59-41-19-33-11-13-35-37(52(33,6)25-43(41)58-42)23-47(60)54(8)39(35)21-45-50(54)31(4)56(65-45)17-15-29(2)27-62-56/h21-22,29-38,45-46,48,50-51H,10-20,23-28H2,1-9H3/t29-,30-,31-,32-,33-,34-,35+,36+,37-,38-,45-,46-,48-,50-,51-,52-,53-,54+,55+,56+,57+/m0/s1. The third-order valence-corrected chi connectivity index (χ3v) is 23.2. The van der Waals surface area contributed by atoms with Crippen molar-refractivity contribution in [1.82, 2.24) is 9.97 Å². The summed E-state index contributed by atoms with van der Waals surface area (Å²) in [5, 5.41) is 0. The van der Waals surface area contributed by atoms with E-state index in [9.17, 15) is 9.59 Å². The summed E-state index contributed by atoms with van der Waals surface area (Å²) in [6.45, 7) is 22.4. The Morgan fingerprint density at radius 1 is 0.682 bits per heavy atom. The molecule has 0 bridgehead atoms. The van der Waals surface area contributed by atoms with Gasteiger partial charge in [0.2, 0.25) is 0 Å². The van der Waals surface area contributed by atoms with Crippen molar-refractivity contribution in [2.24, 2.45) is 92.7 Å². The largest absolute Gasteiger partial charge is 0.461 e. The number of carbonyl (C=O) groups is 2. The highest BCUT2D eigenvalue weighted by Gasteiger charge is 2.71. The molecule has 4 saturated carbocycles. The summed E-state index contributed by atoms with van der Waals surface area (Å²) < 4.78 is 33.9. The zero-order valence-electron chi connectivity index (χ0n) is 41.6. The molecule has 9 nitrogen and oxygen atoms in total. The minimum Gasteiger partial charge on any atom is -0.461 e. The second-order valence-corrected chi connectivity index (χ2v) is 26.0. The van der Waals surface area contributed by atoms with Crippen molar-refractivity contribution in [2.75, 3.05) is 13.2 Å². The van der Waals surface area contributed by atoms with Gasteiger partial charge in [0, 0.05) is 54.8 Å². The first-order valence-corrected chi connectivity index (χ1v) is 27.1. The van der Waals surface area contributed by atoms with E-state index in [4.69, 9.17) is 33.7 Å². The van der Waals surface area contributed by atoms with E-state index < -0.39 is 17.0 Å². The summed E-state index contributed by atoms with van der Waals surface area (Å²) in [5.74, 6) is 3.69. The van der Waals surface area contributed by atoms with Crippen molar-refractivity contribution in [1.29, 1.82) is 0 Å². The number of allylic oxidation sites excluding steroid dienone is 1. The fourth-order valence-corrected chi connectivity index (χ4v) is 19.3. The average Bonchev–Trinajstić information content (AvgIpc) is 3.95. The minimum atomic E-state index is -0.548. The van der Waals surface area contributed by atoms with E-state index in [0.717, 1.165) is 83.8 Å². The fraction of sp³-hybridized carbons (Fsp3) is 0.825. The van der Waals surface area contributed by atoms with Gasteiger partial charge in [0.05, 0.1) is 53.6 Å². The predicted molar refractivity (Wildman–Crippen MR) is 248 cm³/mol. The zero-order valence-corrected chi connectivity index (χ0v) is 41.6. The van der Waals surface area contributed by atoms with E-state index >= 15 is 0 Å². The van der Waals surface area contributed by atoms with Crippen LogP contribution in [0.15, 0.2) is 23.3 Å². The van der Waals surface area contributed by atoms with Crippen LogP contribution >= 0.6 is 0 Å². The normalized spacial score (nSPS) is 53.8. The summed E-state index contributed by atoms with van der Waals surface area (Å²) in [5.41, 5.74) is 7.04. The number of Topliss-reactive ketones (excluding diaryl/α,β-unsaturated/α-hetero) is 1. The Labute approximate surface area is 394 Å². The maximum absolute atomic E-state index is 14.9. The molecule has 8 fully saturated rings. The Morgan fingerprint density at radius 3 is 1.77 bits per heavy atom. The highest BCUT2D eigenvalue weighted by molar-refractivity contribution is 5.91. The third kappa shape index (κ3) is 5.55. The van der Waals surface area contributed by atoms with E-state index in [1.165, 1.54) is 46.8 Å². The van der Waals surface area contributed by atoms with Crippen LogP contribution < -0.4 is 0 Å². The van der Waals surface area contributed by atoms with Gasteiger partial charge in [0.25, 0.3) is 0 Å². The molecular formula is C57H78N2O7. The molecule has 1 aromatic rings. The Hall–Kier alpha value is -2.46. The van der Waals surface area contributed by atoms with E-state index in [1.54, 1.807) is 0 Å². The van der Waals surface area contributed by atoms with Crippen LogP contribution in [-0.2, 0) is 59.0 Å². The lowest BCUT2D eigenvalue weighted by atomic mass is 9.45. The number of ether oxygens (including phenoxy) is 5. The summed E-state index contributed by atoms with van der Waals surface area (Å²) >= 11 is 0. The van der Waals surface area contributed by atoms with Gasteiger partial charge in [-0.25, -0.2) is 0 Å². The number of esters is 1. The monoisotopic (exact) mass is 903 g/mol. The number of hydrogen-bond donors (Lipinski definition) is 0. The van der Waals surface area contributed by atoms with Crippen LogP contribution in [0.2, 0.25) is 0 Å². The van der Waals surface area contributed by atoms with Gasteiger partial charge in [-0.2, -0.15) is 0 Å². The van der Waals surface area contributed by atoms with Crippen molar-refractivity contribution >= 4 is 11.8 Å². The van der Waals surface area contributed by atoms with Crippen LogP contribution in [0.1, 0.15) is 156 Å². The SMILES string of the molecule is CCC(=O)O[C@H]1C[C@H]2[C@@H](CC[C@H]3Cc4nc5c(nc4C[C@@]32C)C[C@@H]2CC[C@H]3C4=C[C@@H]6O[C@]7(CC[C@H](C)CO7)[C@@H](C)[C@@H]6[C@@]4(C)C(=O)C[C@@H]3[C@@]2(C)C5)C2=C[C@@H]3O[C@]4(CC[C@H](C)CO4)[C@@H](C)[C@@H]3[C@]21C. The number of ketones is 1. The molecule has 4 saturated heterocycles. The predicted octanol–water partition coefficient (Wildman–Crippen LogP) is 10.1. The second kappa shape index (κ2) is 14.3. The maximum atomic E-state index is 14.9. The molecule has 12 aliphatic rings. The van der Waals surface area contributed by atoms with Crippen molar-refractivity contribution in [2.45, 2.75) is 189 Å². The molecule has 9 heteroatoms. The number of hydrogen-bond acceptors (Lipinski definition) is 9. The average molecular weight is 903 g/mol. The Balaban J connectivity index is 0.779. The second-order valence-electron chi connectivity index (χ2n) is 26.0. The smallest absolute Gasteiger partial charge is 0.305 e. The molecule has 358 valence electrons. The summed E-state index contributed by atoms with van der Waals surface area (Å²) in [6.07, 6.45) is 19.2. The number of rotatable bonds is 2. The summed E-state index contributed by atoms with van der Waals surface area (Å²) in [7, 11) is 0. The van der Waals surface area contributed by atoms with Gasteiger partial charge >= 0.3 is 5.97 Å². The molecule has 0 N–H and O–H groups in total. The highest BCUT2D eigenvalue weighted by atomic mass is 16.7. The first-order valence-electron chi connectivity index (χ1n) is 27.1. The molecule has 8 aliphatic carbocycles. The molecule has 13 rings (SSSR count). The molecule has 5 heterocycles. The highest BCUT2D eigenvalue weighted by Crippen LogP contribution is 2.71. The summed E-state index contributed by atoms with van der Waals surface area (Å²) in [6, 6.07) is 0. The molecule has 0 unspecified atom stereocenters. The molecule has 0 amide bonds. The van der Waals surface area contributed by atoms with Crippen molar-refractivity contribution in [3.8, 4) is 0 Å². The fourth-order valence-electron chi connectivity index (χ4n) is 19.3. The van der Waals surface area contributed by atoms with Crippen LogP contribution in [0.3, 0.4) is 0 Å². The zero-order chi connectivity index (χ0) is 45.7. The van der Waals surface area contributed by atoms with Crippen molar-refractivity contribution in [3.63, 3.8) is 0 Å². The number of carbonyl (C=O) groups excluding carboxylic acids is 2. The lowest BCUT2D eigenvalue weighted by molar-refractivity contribution is -0.265. The molecule has 21 atom stereocenters. The Morgan fingerprint density at radius 2 is 1.21 bits per heavy atom. The molecule has 0 aromatic carbocycles. The Bertz CT molecular complexity index is 2310. The van der Waals surface area contributed by atoms with E-state index in [1.807, 2.05) is 6.92 Å². The van der Waals surface area contributed by atoms with Crippen LogP contribution in [-0.4, -0.2) is 64.8 Å². The first-order chi connectivity index (χ1) is 31.5. The van der Waals surface area contributed by atoms with E-state index in [2.05, 4.69) is 67.5 Å². The van der Waals surface area contributed by atoms with Crippen LogP contribution in [0.4, 0.5) is 0 Å². The van der Waals surface area contributed by atoms with Gasteiger partial charge in [0.1, 0.15) is 11.9 Å². The number of fused-ring (bicyclic) bond motifs is 16. The van der Waals surface area contributed by atoms with Crippen LogP contribution in [0.25, 0.3) is 0 Å². The summed E-state index contributed by atoms with van der Waals surface area (Å²) in [4.78, 5) is 39.6. The minimum absolute atomic E-state index is 0.00129. The molecule has 0 radical (unpaired) electrons. The molecule has 1 aromatic heterocycles. The molecule has 2 spiro atoms.